The molecule has 0 aliphatic rings. The lowest BCUT2D eigenvalue weighted by molar-refractivity contribution is -0.129. The van der Waals surface area contributed by atoms with Crippen molar-refractivity contribution in [2.75, 3.05) is 7.05 Å². The molecule has 0 aliphatic heterocycles. The van der Waals surface area contributed by atoms with Crippen molar-refractivity contribution in [2.24, 2.45) is 0 Å². The van der Waals surface area contributed by atoms with Crippen molar-refractivity contribution in [1.82, 2.24) is 15.1 Å². The molecule has 1 N–H and O–H groups in total. The van der Waals surface area contributed by atoms with Crippen molar-refractivity contribution in [3.8, 4) is 0 Å². The summed E-state index contributed by atoms with van der Waals surface area (Å²) < 4.78 is 1.02. The summed E-state index contributed by atoms with van der Waals surface area (Å²) in [6.45, 7) is 0.575. The molecule has 5 heteroatoms. The van der Waals surface area contributed by atoms with Gasteiger partial charge in [-0.25, -0.2) is 0 Å². The van der Waals surface area contributed by atoms with Gasteiger partial charge >= 0.3 is 0 Å². The number of nitrogens with zero attached hydrogens (tertiary/aromatic N) is 2. The summed E-state index contributed by atoms with van der Waals surface area (Å²) in [6.07, 6.45) is 3.94. The van der Waals surface area contributed by atoms with Crippen LogP contribution in [0.1, 0.15) is 11.1 Å². The van der Waals surface area contributed by atoms with E-state index in [2.05, 4.69) is 26.1 Å². The first-order valence-electron chi connectivity index (χ1n) is 5.61. The van der Waals surface area contributed by atoms with Crippen LogP contribution in [0.25, 0.3) is 0 Å². The van der Waals surface area contributed by atoms with Gasteiger partial charge in [-0.05, 0) is 17.7 Å². The third-order valence-electron chi connectivity index (χ3n) is 2.67. The molecule has 0 fully saturated rings. The van der Waals surface area contributed by atoms with Gasteiger partial charge in [0.15, 0.2) is 0 Å². The number of benzene rings is 1. The van der Waals surface area contributed by atoms with E-state index in [1.54, 1.807) is 24.3 Å². The molecule has 0 unspecified atom stereocenters. The molecular weight excluding hydrogens is 294 g/mol. The van der Waals surface area contributed by atoms with Crippen LogP contribution in [0.5, 0.6) is 0 Å². The number of rotatable bonds is 4. The van der Waals surface area contributed by atoms with Crippen molar-refractivity contribution in [3.63, 3.8) is 0 Å². The summed E-state index contributed by atoms with van der Waals surface area (Å²) in [7, 11) is 1.80. The standard InChI is InChI=1S/C13H14BrN3O/c1-17(9-11-7-15-16-8-11)13(18)6-10-2-4-12(14)5-3-10/h2-5,7-8H,6,9H2,1H3,(H,15,16). The minimum Gasteiger partial charge on any atom is -0.341 e. The Labute approximate surface area is 114 Å². The zero-order valence-electron chi connectivity index (χ0n) is 10.1. The number of hydrogen-bond acceptors (Lipinski definition) is 2. The maximum absolute atomic E-state index is 12.0. The molecule has 1 aromatic carbocycles. The summed E-state index contributed by atoms with van der Waals surface area (Å²) in [5.41, 5.74) is 2.02. The lowest BCUT2D eigenvalue weighted by Crippen LogP contribution is -2.27. The summed E-state index contributed by atoms with van der Waals surface area (Å²) in [5.74, 6) is 0.0959. The monoisotopic (exact) mass is 307 g/mol. The van der Waals surface area contributed by atoms with Crippen molar-refractivity contribution in [1.29, 1.82) is 0 Å². The molecule has 4 nitrogen and oxygen atoms in total. The first-order valence-corrected chi connectivity index (χ1v) is 6.40. The Balaban J connectivity index is 1.93. The predicted molar refractivity (Wildman–Crippen MR) is 72.9 cm³/mol. The van der Waals surface area contributed by atoms with E-state index in [1.165, 1.54) is 0 Å². The van der Waals surface area contributed by atoms with E-state index in [0.29, 0.717) is 13.0 Å². The molecule has 1 heterocycles. The summed E-state index contributed by atoms with van der Waals surface area (Å²) >= 11 is 3.37. The lowest BCUT2D eigenvalue weighted by atomic mass is 10.1. The number of nitrogens with one attached hydrogen (secondary N) is 1. The van der Waals surface area contributed by atoms with Crippen molar-refractivity contribution >= 4 is 21.8 Å². The molecule has 18 heavy (non-hydrogen) atoms. The molecule has 2 aromatic rings. The highest BCUT2D eigenvalue weighted by molar-refractivity contribution is 9.10. The quantitative estimate of drug-likeness (QED) is 0.943. The van der Waals surface area contributed by atoms with E-state index in [1.807, 2.05) is 24.3 Å². The average Bonchev–Trinajstić information content (AvgIpc) is 2.85. The molecular formula is C13H14BrN3O. The number of hydrogen-bond donors (Lipinski definition) is 1. The number of amides is 1. The first kappa shape index (κ1) is 12.8. The number of likely N-dealkylation sites (N-methyl/N-ethyl adjacent to an activating group) is 1. The number of aromatic nitrogens is 2. The van der Waals surface area contributed by atoms with Gasteiger partial charge in [0.25, 0.3) is 0 Å². The number of halogens is 1. The normalized spacial score (nSPS) is 10.3. The fourth-order valence-corrected chi connectivity index (χ4v) is 1.90. The maximum Gasteiger partial charge on any atom is 0.227 e. The third-order valence-corrected chi connectivity index (χ3v) is 3.20. The van der Waals surface area contributed by atoms with Crippen LogP contribution in [0, 0.1) is 0 Å². The van der Waals surface area contributed by atoms with Crippen LogP contribution in [0.15, 0.2) is 41.1 Å². The van der Waals surface area contributed by atoms with E-state index in [0.717, 1.165) is 15.6 Å². The summed E-state index contributed by atoms with van der Waals surface area (Å²) in [4.78, 5) is 13.7. The van der Waals surface area contributed by atoms with Gasteiger partial charge < -0.3 is 4.90 Å². The van der Waals surface area contributed by atoms with E-state index in [4.69, 9.17) is 0 Å². The number of carbonyl (C=O) groups excluding carboxylic acids is 1. The highest BCUT2D eigenvalue weighted by Gasteiger charge is 2.10. The second-order valence-electron chi connectivity index (χ2n) is 4.16. The largest absolute Gasteiger partial charge is 0.341 e. The fourth-order valence-electron chi connectivity index (χ4n) is 1.64. The zero-order chi connectivity index (χ0) is 13.0. The Hall–Kier alpha value is -1.62. The van der Waals surface area contributed by atoms with Gasteiger partial charge in [-0.1, -0.05) is 28.1 Å². The second kappa shape index (κ2) is 5.82. The average molecular weight is 308 g/mol. The summed E-state index contributed by atoms with van der Waals surface area (Å²) in [5, 5.41) is 6.60. The second-order valence-corrected chi connectivity index (χ2v) is 5.08. The Kier molecular flexibility index (Phi) is 4.15. The van der Waals surface area contributed by atoms with Crippen molar-refractivity contribution in [3.05, 3.63) is 52.3 Å². The van der Waals surface area contributed by atoms with E-state index >= 15 is 0 Å². The topological polar surface area (TPSA) is 49.0 Å². The third kappa shape index (κ3) is 3.43. The Morgan fingerprint density at radius 3 is 2.67 bits per heavy atom. The Bertz CT molecular complexity index is 508. The number of carbonyl (C=O) groups is 1. The molecule has 1 amide bonds. The lowest BCUT2D eigenvalue weighted by Gasteiger charge is -2.16. The molecule has 0 spiro atoms. The predicted octanol–water partition coefficient (Wildman–Crippen LogP) is 2.37. The molecule has 1 aromatic heterocycles. The highest BCUT2D eigenvalue weighted by Crippen LogP contribution is 2.12. The van der Waals surface area contributed by atoms with Crippen LogP contribution in [0.4, 0.5) is 0 Å². The molecule has 0 saturated heterocycles. The van der Waals surface area contributed by atoms with Gasteiger partial charge in [0.05, 0.1) is 12.6 Å². The number of H-pyrrole nitrogens is 1. The molecule has 0 saturated carbocycles. The van der Waals surface area contributed by atoms with Crippen molar-refractivity contribution in [2.45, 2.75) is 13.0 Å². The molecule has 0 aliphatic carbocycles. The molecule has 0 radical (unpaired) electrons. The van der Waals surface area contributed by atoms with Crippen LogP contribution < -0.4 is 0 Å². The van der Waals surface area contributed by atoms with E-state index in [-0.39, 0.29) is 5.91 Å². The van der Waals surface area contributed by atoms with Gasteiger partial charge in [0.1, 0.15) is 0 Å². The van der Waals surface area contributed by atoms with E-state index < -0.39 is 0 Å². The number of aromatic amines is 1. The fraction of sp³-hybridized carbons (Fsp3) is 0.231. The van der Waals surface area contributed by atoms with Crippen LogP contribution >= 0.6 is 15.9 Å². The van der Waals surface area contributed by atoms with Gasteiger partial charge in [-0.2, -0.15) is 5.10 Å². The van der Waals surface area contributed by atoms with Crippen LogP contribution in [0.3, 0.4) is 0 Å². The van der Waals surface area contributed by atoms with Crippen LogP contribution in [0.2, 0.25) is 0 Å². The minimum atomic E-state index is 0.0959. The molecule has 0 bridgehead atoms. The Morgan fingerprint density at radius 2 is 2.06 bits per heavy atom. The SMILES string of the molecule is CN(Cc1cn[nH]c1)C(=O)Cc1ccc(Br)cc1. The smallest absolute Gasteiger partial charge is 0.227 e. The first-order chi connectivity index (χ1) is 8.65. The molecule has 94 valence electrons. The van der Waals surface area contributed by atoms with Crippen LogP contribution in [-0.2, 0) is 17.8 Å². The molecule has 2 rings (SSSR count). The van der Waals surface area contributed by atoms with Crippen LogP contribution in [-0.4, -0.2) is 28.1 Å². The van der Waals surface area contributed by atoms with Gasteiger partial charge in [-0.3, -0.25) is 9.89 Å². The zero-order valence-corrected chi connectivity index (χ0v) is 11.6. The minimum absolute atomic E-state index is 0.0959. The maximum atomic E-state index is 12.0. The van der Waals surface area contributed by atoms with Gasteiger partial charge in [-0.15, -0.1) is 0 Å². The Morgan fingerprint density at radius 1 is 1.33 bits per heavy atom. The van der Waals surface area contributed by atoms with E-state index in [9.17, 15) is 4.79 Å². The van der Waals surface area contributed by atoms with Gasteiger partial charge in [0.2, 0.25) is 5.91 Å². The molecule has 0 atom stereocenters. The highest BCUT2D eigenvalue weighted by atomic mass is 79.9. The summed E-state index contributed by atoms with van der Waals surface area (Å²) in [6, 6.07) is 7.79. The van der Waals surface area contributed by atoms with Gasteiger partial charge in [0, 0.05) is 29.8 Å². The van der Waals surface area contributed by atoms with Crippen molar-refractivity contribution < 1.29 is 4.79 Å².